The Bertz CT molecular complexity index is 303. The number of nitrogens with two attached hydrogens (primary N) is 1. The number of esters is 1. The fourth-order valence-electron chi connectivity index (χ4n) is 1.04. The smallest absolute Gasteiger partial charge is 0.328 e. The Morgan fingerprint density at radius 1 is 1.47 bits per heavy atom. The van der Waals surface area contributed by atoms with Crippen molar-refractivity contribution < 1.29 is 9.53 Å². The van der Waals surface area contributed by atoms with E-state index >= 15 is 0 Å². The first kappa shape index (κ1) is 12.1. The summed E-state index contributed by atoms with van der Waals surface area (Å²) in [6.45, 7) is 0. The molecule has 15 heavy (non-hydrogen) atoms. The highest BCUT2D eigenvalue weighted by Crippen LogP contribution is 2.10. The zero-order valence-corrected chi connectivity index (χ0v) is 9.50. The molecule has 1 unspecified atom stereocenters. The molecular weight excluding hydrogens is 210 g/mol. The van der Waals surface area contributed by atoms with E-state index in [4.69, 9.17) is 10.5 Å². The predicted octanol–water partition coefficient (Wildman–Crippen LogP) is 1.67. The van der Waals surface area contributed by atoms with Gasteiger partial charge in [0.05, 0.1) is 0 Å². The molecule has 4 heteroatoms. The van der Waals surface area contributed by atoms with Crippen molar-refractivity contribution >= 4 is 17.7 Å². The van der Waals surface area contributed by atoms with Gasteiger partial charge in [0, 0.05) is 0 Å². The molecule has 3 nitrogen and oxygen atoms in total. The number of carbonyl (C=O) groups is 1. The van der Waals surface area contributed by atoms with Crippen molar-refractivity contribution in [3.63, 3.8) is 0 Å². The van der Waals surface area contributed by atoms with Gasteiger partial charge in [-0.25, -0.2) is 4.79 Å². The van der Waals surface area contributed by atoms with Gasteiger partial charge in [-0.05, 0) is 30.6 Å². The van der Waals surface area contributed by atoms with E-state index in [1.54, 1.807) is 23.9 Å². The Morgan fingerprint density at radius 3 is 2.73 bits per heavy atom. The fraction of sp³-hybridized carbons (Fsp3) is 0.364. The van der Waals surface area contributed by atoms with Crippen LogP contribution in [0.5, 0.6) is 5.75 Å². The van der Waals surface area contributed by atoms with Crippen molar-refractivity contribution in [1.29, 1.82) is 0 Å². The summed E-state index contributed by atoms with van der Waals surface area (Å²) in [7, 11) is 0. The van der Waals surface area contributed by atoms with Gasteiger partial charge < -0.3 is 10.5 Å². The number of para-hydroxylation sites is 1. The Morgan fingerprint density at radius 2 is 2.13 bits per heavy atom. The van der Waals surface area contributed by atoms with E-state index in [2.05, 4.69) is 0 Å². The molecule has 1 atom stereocenters. The molecule has 0 saturated heterocycles. The highest BCUT2D eigenvalue weighted by Gasteiger charge is 2.14. The predicted molar refractivity (Wildman–Crippen MR) is 63.1 cm³/mol. The maximum absolute atomic E-state index is 11.5. The normalized spacial score (nSPS) is 12.1. The molecule has 1 aromatic carbocycles. The summed E-state index contributed by atoms with van der Waals surface area (Å²) in [5.41, 5.74) is 5.66. The lowest BCUT2D eigenvalue weighted by molar-refractivity contribution is -0.135. The molecule has 0 aliphatic heterocycles. The van der Waals surface area contributed by atoms with Crippen molar-refractivity contribution in [2.45, 2.75) is 12.5 Å². The van der Waals surface area contributed by atoms with Crippen LogP contribution in [0.2, 0.25) is 0 Å². The largest absolute Gasteiger partial charge is 0.425 e. The summed E-state index contributed by atoms with van der Waals surface area (Å²) in [5, 5.41) is 0. The second-order valence-electron chi connectivity index (χ2n) is 3.12. The van der Waals surface area contributed by atoms with E-state index < -0.39 is 6.04 Å². The Kier molecular flexibility index (Phi) is 5.21. The molecule has 0 radical (unpaired) electrons. The van der Waals surface area contributed by atoms with Crippen LogP contribution in [0.1, 0.15) is 6.42 Å². The average Bonchev–Trinajstić information content (AvgIpc) is 2.27. The summed E-state index contributed by atoms with van der Waals surface area (Å²) >= 11 is 1.67. The molecule has 0 spiro atoms. The van der Waals surface area contributed by atoms with Gasteiger partial charge >= 0.3 is 5.97 Å². The van der Waals surface area contributed by atoms with E-state index in [-0.39, 0.29) is 5.97 Å². The van der Waals surface area contributed by atoms with Crippen LogP contribution in [0.25, 0.3) is 0 Å². The number of carbonyl (C=O) groups excluding carboxylic acids is 1. The van der Waals surface area contributed by atoms with Gasteiger partial charge in [-0.3, -0.25) is 0 Å². The minimum absolute atomic E-state index is 0.366. The quantitative estimate of drug-likeness (QED) is 0.612. The van der Waals surface area contributed by atoms with Crippen molar-refractivity contribution in [3.05, 3.63) is 30.3 Å². The van der Waals surface area contributed by atoms with E-state index in [1.165, 1.54) is 0 Å². The molecular formula is C11H15NO2S. The van der Waals surface area contributed by atoms with E-state index in [9.17, 15) is 4.79 Å². The number of rotatable bonds is 5. The van der Waals surface area contributed by atoms with Crippen LogP contribution in [0.4, 0.5) is 0 Å². The van der Waals surface area contributed by atoms with Crippen LogP contribution in [-0.4, -0.2) is 24.0 Å². The number of thioether (sulfide) groups is 1. The lowest BCUT2D eigenvalue weighted by Gasteiger charge is -2.10. The Hall–Kier alpha value is -1.00. The zero-order valence-electron chi connectivity index (χ0n) is 8.68. The lowest BCUT2D eigenvalue weighted by atomic mass is 10.2. The van der Waals surface area contributed by atoms with Crippen LogP contribution in [-0.2, 0) is 4.79 Å². The molecule has 82 valence electrons. The SMILES string of the molecule is CSCCC(N)C(=O)Oc1ccccc1. The third-order valence-electron chi connectivity index (χ3n) is 1.90. The Labute approximate surface area is 94.0 Å². The van der Waals surface area contributed by atoms with Crippen LogP contribution >= 0.6 is 11.8 Å². The Balaban J connectivity index is 2.42. The van der Waals surface area contributed by atoms with Gasteiger partial charge in [0.15, 0.2) is 0 Å². The van der Waals surface area contributed by atoms with Crippen molar-refractivity contribution in [2.75, 3.05) is 12.0 Å². The second kappa shape index (κ2) is 6.48. The maximum atomic E-state index is 11.5. The number of benzene rings is 1. The van der Waals surface area contributed by atoms with Crippen molar-refractivity contribution in [3.8, 4) is 5.75 Å². The molecule has 0 heterocycles. The molecule has 0 amide bonds. The monoisotopic (exact) mass is 225 g/mol. The molecule has 0 aromatic heterocycles. The summed E-state index contributed by atoms with van der Waals surface area (Å²) in [5.74, 6) is 1.04. The molecule has 0 aliphatic rings. The highest BCUT2D eigenvalue weighted by atomic mass is 32.2. The first-order chi connectivity index (χ1) is 7.24. The van der Waals surface area contributed by atoms with Gasteiger partial charge in [-0.1, -0.05) is 18.2 Å². The first-order valence-electron chi connectivity index (χ1n) is 4.75. The van der Waals surface area contributed by atoms with Crippen LogP contribution in [0.3, 0.4) is 0 Å². The average molecular weight is 225 g/mol. The molecule has 2 N–H and O–H groups in total. The van der Waals surface area contributed by atoms with Crippen molar-refractivity contribution in [2.24, 2.45) is 5.73 Å². The minimum atomic E-state index is -0.530. The summed E-state index contributed by atoms with van der Waals surface area (Å²) < 4.78 is 5.10. The number of hydrogen-bond acceptors (Lipinski definition) is 4. The molecule has 1 rings (SSSR count). The standard InChI is InChI=1S/C11H15NO2S/c1-15-8-7-10(12)11(13)14-9-5-3-2-4-6-9/h2-6,10H,7-8,12H2,1H3. The van der Waals surface area contributed by atoms with E-state index in [1.807, 2.05) is 24.5 Å². The lowest BCUT2D eigenvalue weighted by Crippen LogP contribution is -2.34. The van der Waals surface area contributed by atoms with Gasteiger partial charge in [0.25, 0.3) is 0 Å². The molecule has 0 saturated carbocycles. The van der Waals surface area contributed by atoms with E-state index in [0.29, 0.717) is 12.2 Å². The van der Waals surface area contributed by atoms with Gasteiger partial charge in [-0.15, -0.1) is 0 Å². The summed E-state index contributed by atoms with van der Waals surface area (Å²) in [6, 6.07) is 8.44. The van der Waals surface area contributed by atoms with Crippen LogP contribution < -0.4 is 10.5 Å². The zero-order chi connectivity index (χ0) is 11.1. The first-order valence-corrected chi connectivity index (χ1v) is 6.14. The highest BCUT2D eigenvalue weighted by molar-refractivity contribution is 7.98. The van der Waals surface area contributed by atoms with Crippen LogP contribution in [0.15, 0.2) is 30.3 Å². The second-order valence-corrected chi connectivity index (χ2v) is 4.11. The van der Waals surface area contributed by atoms with E-state index in [0.717, 1.165) is 5.75 Å². The number of ether oxygens (including phenoxy) is 1. The third-order valence-corrected chi connectivity index (χ3v) is 2.54. The van der Waals surface area contributed by atoms with Gasteiger partial charge in [0.2, 0.25) is 0 Å². The third kappa shape index (κ3) is 4.36. The van der Waals surface area contributed by atoms with Gasteiger partial charge in [-0.2, -0.15) is 11.8 Å². The fourth-order valence-corrected chi connectivity index (χ4v) is 1.53. The van der Waals surface area contributed by atoms with Gasteiger partial charge in [0.1, 0.15) is 11.8 Å². The molecule has 0 bridgehead atoms. The minimum Gasteiger partial charge on any atom is -0.425 e. The number of hydrogen-bond donors (Lipinski definition) is 1. The molecule has 1 aromatic rings. The van der Waals surface area contributed by atoms with Crippen molar-refractivity contribution in [1.82, 2.24) is 0 Å². The molecule has 0 fully saturated rings. The van der Waals surface area contributed by atoms with Crippen LogP contribution in [0, 0.1) is 0 Å². The summed E-state index contributed by atoms with van der Waals surface area (Å²) in [4.78, 5) is 11.5. The summed E-state index contributed by atoms with van der Waals surface area (Å²) in [6.07, 6.45) is 2.63. The maximum Gasteiger partial charge on any atom is 0.328 e. The molecule has 0 aliphatic carbocycles. The topological polar surface area (TPSA) is 52.3 Å².